The van der Waals surface area contributed by atoms with E-state index in [2.05, 4.69) is 27.7 Å². The van der Waals surface area contributed by atoms with E-state index in [0.717, 1.165) is 6.42 Å². The highest BCUT2D eigenvalue weighted by molar-refractivity contribution is 4.87. The Morgan fingerprint density at radius 3 is 2.33 bits per heavy atom. The summed E-state index contributed by atoms with van der Waals surface area (Å²) in [5, 5.41) is 9.31. The van der Waals surface area contributed by atoms with Gasteiger partial charge in [0.1, 0.15) is 0 Å². The third kappa shape index (κ3) is 2.92. The van der Waals surface area contributed by atoms with Crippen LogP contribution in [0.1, 0.15) is 41.0 Å². The number of hydrogen-bond acceptors (Lipinski definition) is 3. The minimum Gasteiger partial charge on any atom is -0.372 e. The highest BCUT2D eigenvalue weighted by atomic mass is 16.6. The normalized spacial score (nSPS) is 44.0. The Morgan fingerprint density at radius 2 is 1.87 bits per heavy atom. The minimum atomic E-state index is -0.712. The number of ether oxygens (including phenoxy) is 2. The average Bonchev–Trinajstić information content (AvgIpc) is 2.18. The van der Waals surface area contributed by atoms with E-state index in [9.17, 15) is 5.11 Å². The van der Waals surface area contributed by atoms with Crippen LogP contribution >= 0.6 is 0 Å². The van der Waals surface area contributed by atoms with Crippen LogP contribution in [0.25, 0.3) is 0 Å². The SMILES string of the molecule is CCC1O[C@H](C)C(C)C(C)[C@@H]1O[C@@H](C)O. The summed E-state index contributed by atoms with van der Waals surface area (Å²) in [7, 11) is 0. The number of rotatable bonds is 3. The fourth-order valence-electron chi connectivity index (χ4n) is 2.31. The highest BCUT2D eigenvalue weighted by Gasteiger charge is 2.39. The zero-order valence-electron chi connectivity index (χ0n) is 10.4. The van der Waals surface area contributed by atoms with Gasteiger partial charge in [-0.2, -0.15) is 0 Å². The Hall–Kier alpha value is -0.120. The van der Waals surface area contributed by atoms with E-state index < -0.39 is 6.29 Å². The van der Waals surface area contributed by atoms with Crippen LogP contribution in [0.3, 0.4) is 0 Å². The van der Waals surface area contributed by atoms with Gasteiger partial charge in [0.25, 0.3) is 0 Å². The molecule has 3 nitrogen and oxygen atoms in total. The summed E-state index contributed by atoms with van der Waals surface area (Å²) in [5.41, 5.74) is 0. The molecule has 1 heterocycles. The molecule has 0 bridgehead atoms. The summed E-state index contributed by atoms with van der Waals surface area (Å²) in [6, 6.07) is 0. The summed E-state index contributed by atoms with van der Waals surface area (Å²) >= 11 is 0. The van der Waals surface area contributed by atoms with Crippen LogP contribution in [0.2, 0.25) is 0 Å². The lowest BCUT2D eigenvalue weighted by molar-refractivity contribution is -0.229. The van der Waals surface area contributed by atoms with Crippen molar-refractivity contribution in [3.8, 4) is 0 Å². The van der Waals surface area contributed by atoms with Crippen molar-refractivity contribution >= 4 is 0 Å². The van der Waals surface area contributed by atoms with Crippen LogP contribution < -0.4 is 0 Å². The molecule has 0 amide bonds. The maximum absolute atomic E-state index is 9.31. The number of hydrogen-bond donors (Lipinski definition) is 1. The van der Waals surface area contributed by atoms with Gasteiger partial charge in [0, 0.05) is 0 Å². The van der Waals surface area contributed by atoms with Crippen LogP contribution in [-0.2, 0) is 9.47 Å². The maximum atomic E-state index is 9.31. The minimum absolute atomic E-state index is 0.0150. The molecule has 0 spiro atoms. The van der Waals surface area contributed by atoms with Crippen molar-refractivity contribution in [1.82, 2.24) is 0 Å². The molecule has 6 atom stereocenters. The lowest BCUT2D eigenvalue weighted by atomic mass is 9.81. The van der Waals surface area contributed by atoms with Gasteiger partial charge < -0.3 is 14.6 Å². The lowest BCUT2D eigenvalue weighted by Gasteiger charge is -2.43. The van der Waals surface area contributed by atoms with Crippen LogP contribution in [0, 0.1) is 11.8 Å². The van der Waals surface area contributed by atoms with Gasteiger partial charge in [-0.15, -0.1) is 0 Å². The standard InChI is InChI=1S/C12H24O3/c1-6-11-12(15-10(5)13)8(3)7(2)9(4)14-11/h7-13H,6H2,1-5H3/t7?,8?,9-,10+,11?,12+/m1/s1. The molecule has 1 aliphatic rings. The largest absolute Gasteiger partial charge is 0.372 e. The fourth-order valence-corrected chi connectivity index (χ4v) is 2.31. The molecule has 3 heteroatoms. The zero-order valence-corrected chi connectivity index (χ0v) is 10.4. The summed E-state index contributed by atoms with van der Waals surface area (Å²) < 4.78 is 11.5. The third-order valence-corrected chi connectivity index (χ3v) is 3.60. The molecule has 1 fully saturated rings. The predicted octanol–water partition coefficient (Wildman–Crippen LogP) is 2.18. The van der Waals surface area contributed by atoms with Crippen LogP contribution in [-0.4, -0.2) is 29.7 Å². The van der Waals surface area contributed by atoms with Crippen molar-refractivity contribution in [3.63, 3.8) is 0 Å². The van der Waals surface area contributed by atoms with Gasteiger partial charge in [-0.05, 0) is 32.1 Å². The molecule has 0 aromatic carbocycles. The molecular weight excluding hydrogens is 192 g/mol. The molecule has 0 aliphatic carbocycles. The van der Waals surface area contributed by atoms with E-state index >= 15 is 0 Å². The Labute approximate surface area is 92.8 Å². The van der Waals surface area contributed by atoms with Crippen LogP contribution in [0.15, 0.2) is 0 Å². The summed E-state index contributed by atoms with van der Waals surface area (Å²) in [6.45, 7) is 10.2. The lowest BCUT2D eigenvalue weighted by Crippen LogP contribution is -2.50. The third-order valence-electron chi connectivity index (χ3n) is 3.60. The van der Waals surface area contributed by atoms with Gasteiger partial charge in [-0.25, -0.2) is 0 Å². The Kier molecular flexibility index (Phi) is 4.56. The molecule has 3 unspecified atom stereocenters. The van der Waals surface area contributed by atoms with E-state index in [1.165, 1.54) is 0 Å². The van der Waals surface area contributed by atoms with Gasteiger partial charge in [-0.1, -0.05) is 20.8 Å². The monoisotopic (exact) mass is 216 g/mol. The predicted molar refractivity (Wildman–Crippen MR) is 59.5 cm³/mol. The van der Waals surface area contributed by atoms with Crippen LogP contribution in [0.4, 0.5) is 0 Å². The van der Waals surface area contributed by atoms with E-state index in [4.69, 9.17) is 9.47 Å². The van der Waals surface area contributed by atoms with Crippen molar-refractivity contribution in [2.75, 3.05) is 0 Å². The van der Waals surface area contributed by atoms with E-state index in [1.807, 2.05) is 0 Å². The molecule has 0 aromatic heterocycles. The van der Waals surface area contributed by atoms with Crippen molar-refractivity contribution < 1.29 is 14.6 Å². The van der Waals surface area contributed by atoms with Crippen molar-refractivity contribution in [2.45, 2.75) is 65.6 Å². The van der Waals surface area contributed by atoms with Crippen molar-refractivity contribution in [1.29, 1.82) is 0 Å². The highest BCUT2D eigenvalue weighted by Crippen LogP contribution is 2.33. The average molecular weight is 216 g/mol. The Morgan fingerprint density at radius 1 is 1.27 bits per heavy atom. The quantitative estimate of drug-likeness (QED) is 0.735. The summed E-state index contributed by atoms with van der Waals surface area (Å²) in [5.74, 6) is 0.893. The first kappa shape index (κ1) is 12.9. The molecule has 0 aromatic rings. The van der Waals surface area contributed by atoms with Gasteiger partial charge in [0.2, 0.25) is 0 Å². The number of aliphatic hydroxyl groups excluding tert-OH is 1. The molecule has 1 saturated heterocycles. The second-order valence-corrected chi connectivity index (χ2v) is 4.71. The molecule has 1 N–H and O–H groups in total. The fraction of sp³-hybridized carbons (Fsp3) is 1.00. The second-order valence-electron chi connectivity index (χ2n) is 4.71. The Bertz CT molecular complexity index is 191. The first-order valence-corrected chi connectivity index (χ1v) is 5.96. The first-order chi connectivity index (χ1) is 6.97. The maximum Gasteiger partial charge on any atom is 0.152 e. The summed E-state index contributed by atoms with van der Waals surface area (Å²) in [4.78, 5) is 0. The molecule has 1 rings (SSSR count). The smallest absolute Gasteiger partial charge is 0.152 e. The Balaban J connectivity index is 2.70. The zero-order chi connectivity index (χ0) is 11.6. The topological polar surface area (TPSA) is 38.7 Å². The molecule has 0 radical (unpaired) electrons. The van der Waals surface area contributed by atoms with Crippen LogP contribution in [0.5, 0.6) is 0 Å². The van der Waals surface area contributed by atoms with Gasteiger partial charge in [-0.3, -0.25) is 0 Å². The van der Waals surface area contributed by atoms with Crippen molar-refractivity contribution in [3.05, 3.63) is 0 Å². The van der Waals surface area contributed by atoms with Gasteiger partial charge >= 0.3 is 0 Å². The first-order valence-electron chi connectivity index (χ1n) is 5.96. The molecular formula is C12H24O3. The molecule has 15 heavy (non-hydrogen) atoms. The van der Waals surface area contributed by atoms with E-state index in [1.54, 1.807) is 6.92 Å². The van der Waals surface area contributed by atoms with Gasteiger partial charge in [0.15, 0.2) is 6.29 Å². The molecule has 0 saturated carbocycles. The summed E-state index contributed by atoms with van der Waals surface area (Å²) in [6.07, 6.45) is 0.621. The molecule has 90 valence electrons. The van der Waals surface area contributed by atoms with Gasteiger partial charge in [0.05, 0.1) is 18.3 Å². The van der Waals surface area contributed by atoms with E-state index in [-0.39, 0.29) is 18.3 Å². The molecule has 1 aliphatic heterocycles. The van der Waals surface area contributed by atoms with Crippen molar-refractivity contribution in [2.24, 2.45) is 11.8 Å². The van der Waals surface area contributed by atoms with E-state index in [0.29, 0.717) is 11.8 Å². The second kappa shape index (κ2) is 5.28. The number of aliphatic hydroxyl groups is 1.